The molecule has 0 saturated carbocycles. The summed E-state index contributed by atoms with van der Waals surface area (Å²) in [5, 5.41) is 10.9. The lowest BCUT2D eigenvalue weighted by Crippen LogP contribution is -2.37. The first kappa shape index (κ1) is 28.4. The lowest BCUT2D eigenvalue weighted by atomic mass is 10.1. The molecule has 39 heavy (non-hydrogen) atoms. The van der Waals surface area contributed by atoms with E-state index in [0.717, 1.165) is 19.3 Å². The van der Waals surface area contributed by atoms with Crippen LogP contribution < -0.4 is 15.4 Å². The number of carbonyl (C=O) groups excluding carboxylic acids is 2. The van der Waals surface area contributed by atoms with Gasteiger partial charge in [-0.05, 0) is 52.2 Å². The number of carbonyl (C=O) groups is 2. The molecule has 208 valence electrons. The Morgan fingerprint density at radius 3 is 2.54 bits per heavy atom. The fraction of sp³-hybridized carbons (Fsp3) is 0.423. The first-order chi connectivity index (χ1) is 18.5. The third-order valence-electron chi connectivity index (χ3n) is 5.97. The van der Waals surface area contributed by atoms with Crippen molar-refractivity contribution in [3.63, 3.8) is 0 Å². The molecule has 1 aliphatic rings. The molecule has 11 nitrogen and oxygen atoms in total. The molecule has 3 aromatic rings. The standard InChI is InChI=1S/C26H31Cl2N7O4/c1-26(2,3)39-25(37)34-11-6-7-17(10-12-34)35-15-16(13-30-35)31-24-29-14-18(23(33-24)38-4)22(36)32-21-19(27)8-5-9-20(21)28/h5,8-9,13-15,17H,6-7,10-12H2,1-4H3,(H,32,36)(H,29,31,33). The number of halogens is 2. The lowest BCUT2D eigenvalue weighted by molar-refractivity contribution is 0.0255. The lowest BCUT2D eigenvalue weighted by Gasteiger charge is -2.26. The molecular formula is C26H31Cl2N7O4. The average molecular weight is 576 g/mol. The van der Waals surface area contributed by atoms with Gasteiger partial charge >= 0.3 is 6.09 Å². The molecule has 0 radical (unpaired) electrons. The highest BCUT2D eigenvalue weighted by Crippen LogP contribution is 2.31. The first-order valence-electron chi connectivity index (χ1n) is 12.5. The van der Waals surface area contributed by atoms with Crippen LogP contribution >= 0.6 is 23.2 Å². The highest BCUT2D eigenvalue weighted by molar-refractivity contribution is 6.40. The number of hydrogen-bond donors (Lipinski definition) is 2. The topological polar surface area (TPSA) is 124 Å². The monoisotopic (exact) mass is 575 g/mol. The van der Waals surface area contributed by atoms with Crippen molar-refractivity contribution in [2.24, 2.45) is 0 Å². The van der Waals surface area contributed by atoms with Crippen LogP contribution in [0, 0.1) is 0 Å². The van der Waals surface area contributed by atoms with Gasteiger partial charge in [-0.3, -0.25) is 9.48 Å². The molecule has 0 spiro atoms. The second kappa shape index (κ2) is 12.1. The molecule has 2 N–H and O–H groups in total. The van der Waals surface area contributed by atoms with Crippen molar-refractivity contribution in [2.45, 2.75) is 51.7 Å². The van der Waals surface area contributed by atoms with Gasteiger partial charge in [0.2, 0.25) is 11.8 Å². The van der Waals surface area contributed by atoms with E-state index in [1.54, 1.807) is 29.3 Å². The summed E-state index contributed by atoms with van der Waals surface area (Å²) >= 11 is 12.3. The molecule has 13 heteroatoms. The van der Waals surface area contributed by atoms with Crippen LogP contribution in [0.15, 0.2) is 36.8 Å². The second-order valence-corrected chi connectivity index (χ2v) is 10.9. The van der Waals surface area contributed by atoms with Crippen molar-refractivity contribution in [3.05, 3.63) is 52.4 Å². The molecule has 1 fully saturated rings. The van der Waals surface area contributed by atoms with Gasteiger partial charge in [0, 0.05) is 25.5 Å². The fourth-order valence-corrected chi connectivity index (χ4v) is 4.61. The maximum atomic E-state index is 12.9. The number of rotatable bonds is 6. The summed E-state index contributed by atoms with van der Waals surface area (Å²) in [7, 11) is 1.41. The van der Waals surface area contributed by atoms with Gasteiger partial charge in [-0.2, -0.15) is 10.1 Å². The molecule has 2 amide bonds. The summed E-state index contributed by atoms with van der Waals surface area (Å²) < 4.78 is 12.7. The minimum atomic E-state index is -0.526. The molecule has 2 aromatic heterocycles. The Hall–Kier alpha value is -3.57. The third kappa shape index (κ3) is 7.30. The first-order valence-corrected chi connectivity index (χ1v) is 13.2. The van der Waals surface area contributed by atoms with Crippen LogP contribution in [0.1, 0.15) is 56.4 Å². The maximum absolute atomic E-state index is 12.9. The number of hydrogen-bond acceptors (Lipinski definition) is 8. The molecule has 1 atom stereocenters. The van der Waals surface area contributed by atoms with Crippen molar-refractivity contribution in [1.82, 2.24) is 24.6 Å². The van der Waals surface area contributed by atoms with Crippen molar-refractivity contribution >= 4 is 52.5 Å². The zero-order valence-corrected chi connectivity index (χ0v) is 23.7. The Balaban J connectivity index is 1.40. The highest BCUT2D eigenvalue weighted by Gasteiger charge is 2.26. The van der Waals surface area contributed by atoms with Crippen LogP contribution in [-0.2, 0) is 4.74 Å². The Morgan fingerprint density at radius 1 is 1.10 bits per heavy atom. The zero-order chi connectivity index (χ0) is 28.2. The number of aromatic nitrogens is 4. The van der Waals surface area contributed by atoms with Gasteiger partial charge in [-0.15, -0.1) is 0 Å². The highest BCUT2D eigenvalue weighted by atomic mass is 35.5. The SMILES string of the molecule is COc1nc(Nc2cnn(C3CCCN(C(=O)OC(C)(C)C)CC3)c2)ncc1C(=O)Nc1c(Cl)cccc1Cl. The van der Waals surface area contributed by atoms with Crippen LogP contribution in [0.5, 0.6) is 5.88 Å². The molecule has 1 aromatic carbocycles. The van der Waals surface area contributed by atoms with Gasteiger partial charge in [-0.25, -0.2) is 9.78 Å². The van der Waals surface area contributed by atoms with E-state index in [4.69, 9.17) is 32.7 Å². The van der Waals surface area contributed by atoms with Gasteiger partial charge in [-0.1, -0.05) is 29.3 Å². The number of para-hydroxylation sites is 1. The second-order valence-electron chi connectivity index (χ2n) is 10.1. The van der Waals surface area contributed by atoms with Crippen molar-refractivity contribution in [1.29, 1.82) is 0 Å². The number of amides is 2. The van der Waals surface area contributed by atoms with E-state index in [1.807, 2.05) is 31.6 Å². The quantitative estimate of drug-likeness (QED) is 0.369. The number of nitrogens with zero attached hydrogens (tertiary/aromatic N) is 5. The molecular weight excluding hydrogens is 545 g/mol. The van der Waals surface area contributed by atoms with E-state index < -0.39 is 11.5 Å². The van der Waals surface area contributed by atoms with Crippen LogP contribution in [0.2, 0.25) is 10.0 Å². The summed E-state index contributed by atoms with van der Waals surface area (Å²) in [6.45, 7) is 6.83. The van der Waals surface area contributed by atoms with E-state index >= 15 is 0 Å². The smallest absolute Gasteiger partial charge is 0.410 e. The van der Waals surface area contributed by atoms with Gasteiger partial charge in [0.15, 0.2) is 0 Å². The molecule has 3 heterocycles. The number of benzene rings is 1. The number of anilines is 3. The van der Waals surface area contributed by atoms with Crippen LogP contribution in [0.25, 0.3) is 0 Å². The van der Waals surface area contributed by atoms with E-state index in [-0.39, 0.29) is 35.2 Å². The van der Waals surface area contributed by atoms with E-state index in [9.17, 15) is 9.59 Å². The van der Waals surface area contributed by atoms with Crippen LogP contribution in [-0.4, -0.2) is 62.4 Å². The summed E-state index contributed by atoms with van der Waals surface area (Å²) in [5.41, 5.74) is 0.546. The molecule has 1 saturated heterocycles. The van der Waals surface area contributed by atoms with Gasteiger partial charge in [0.1, 0.15) is 11.2 Å². The number of ether oxygens (including phenoxy) is 2. The van der Waals surface area contributed by atoms with E-state index in [0.29, 0.717) is 28.8 Å². The minimum absolute atomic E-state index is 0.0755. The molecule has 0 aliphatic carbocycles. The maximum Gasteiger partial charge on any atom is 0.410 e. The predicted molar refractivity (Wildman–Crippen MR) is 149 cm³/mol. The molecule has 1 aliphatic heterocycles. The largest absolute Gasteiger partial charge is 0.480 e. The zero-order valence-electron chi connectivity index (χ0n) is 22.2. The Kier molecular flexibility index (Phi) is 8.81. The Labute approximate surface area is 236 Å². The predicted octanol–water partition coefficient (Wildman–Crippen LogP) is 5.95. The summed E-state index contributed by atoms with van der Waals surface area (Å²) in [4.78, 5) is 35.7. The van der Waals surface area contributed by atoms with Crippen molar-refractivity contribution < 1.29 is 19.1 Å². The molecule has 0 bridgehead atoms. The molecule has 1 unspecified atom stereocenters. The van der Waals surface area contributed by atoms with Gasteiger partial charge in [0.05, 0.1) is 40.8 Å². The van der Waals surface area contributed by atoms with Gasteiger partial charge < -0.3 is 25.0 Å². The summed E-state index contributed by atoms with van der Waals surface area (Å²) in [5.74, 6) is -0.211. The fourth-order valence-electron chi connectivity index (χ4n) is 4.12. The number of methoxy groups -OCH3 is 1. The number of likely N-dealkylation sites (tertiary alicyclic amines) is 1. The van der Waals surface area contributed by atoms with E-state index in [1.165, 1.54) is 13.3 Å². The Morgan fingerprint density at radius 2 is 1.85 bits per heavy atom. The van der Waals surface area contributed by atoms with Crippen molar-refractivity contribution in [2.75, 3.05) is 30.8 Å². The Bertz CT molecular complexity index is 1320. The van der Waals surface area contributed by atoms with Crippen LogP contribution in [0.4, 0.5) is 22.1 Å². The third-order valence-corrected chi connectivity index (χ3v) is 6.60. The number of nitrogens with one attached hydrogen (secondary N) is 2. The van der Waals surface area contributed by atoms with E-state index in [2.05, 4.69) is 25.7 Å². The summed E-state index contributed by atoms with van der Waals surface area (Å²) in [6.07, 6.45) is 7.08. The van der Waals surface area contributed by atoms with Crippen molar-refractivity contribution in [3.8, 4) is 5.88 Å². The van der Waals surface area contributed by atoms with Gasteiger partial charge in [0.25, 0.3) is 5.91 Å². The van der Waals surface area contributed by atoms with Crippen LogP contribution in [0.3, 0.4) is 0 Å². The molecule has 4 rings (SSSR count). The summed E-state index contributed by atoms with van der Waals surface area (Å²) in [6, 6.07) is 5.05. The average Bonchev–Trinajstić information content (AvgIpc) is 3.19. The normalized spacial score (nSPS) is 15.8. The minimum Gasteiger partial charge on any atom is -0.480 e.